The standard InChI is InChI=1S/C13H19N5S/c1-4-9-6-15-13(19-9)8(3)18-12-10(5-2)11(14)16-7-17-12/h6-8H,4-5H2,1-3H3,(H3,14,16,17,18). The van der Waals surface area contributed by atoms with Gasteiger partial charge in [0.1, 0.15) is 23.0 Å². The number of aromatic nitrogens is 3. The number of anilines is 2. The Labute approximate surface area is 117 Å². The van der Waals surface area contributed by atoms with E-state index in [1.165, 1.54) is 11.2 Å². The summed E-state index contributed by atoms with van der Waals surface area (Å²) in [7, 11) is 0. The average molecular weight is 277 g/mol. The summed E-state index contributed by atoms with van der Waals surface area (Å²) in [5.41, 5.74) is 6.83. The molecule has 0 aliphatic carbocycles. The molecule has 5 nitrogen and oxygen atoms in total. The topological polar surface area (TPSA) is 76.7 Å². The highest BCUT2D eigenvalue weighted by molar-refractivity contribution is 7.11. The fraction of sp³-hybridized carbons (Fsp3) is 0.462. The molecule has 2 rings (SSSR count). The quantitative estimate of drug-likeness (QED) is 0.878. The first kappa shape index (κ1) is 13.7. The Morgan fingerprint density at radius 1 is 1.26 bits per heavy atom. The van der Waals surface area contributed by atoms with E-state index in [4.69, 9.17) is 5.73 Å². The maximum Gasteiger partial charge on any atom is 0.135 e. The van der Waals surface area contributed by atoms with E-state index < -0.39 is 0 Å². The molecule has 3 N–H and O–H groups in total. The van der Waals surface area contributed by atoms with Gasteiger partial charge in [0.25, 0.3) is 0 Å². The molecule has 102 valence electrons. The molecule has 0 amide bonds. The molecule has 0 radical (unpaired) electrons. The highest BCUT2D eigenvalue weighted by Gasteiger charge is 2.14. The van der Waals surface area contributed by atoms with Gasteiger partial charge in [-0.25, -0.2) is 15.0 Å². The second-order valence-electron chi connectivity index (χ2n) is 4.32. The number of hydrogen-bond acceptors (Lipinski definition) is 6. The first-order valence-corrected chi connectivity index (χ1v) is 7.27. The van der Waals surface area contributed by atoms with Gasteiger partial charge in [-0.05, 0) is 19.8 Å². The van der Waals surface area contributed by atoms with Crippen molar-refractivity contribution in [3.8, 4) is 0 Å². The Balaban J connectivity index is 2.18. The van der Waals surface area contributed by atoms with E-state index in [0.717, 1.165) is 29.2 Å². The smallest absolute Gasteiger partial charge is 0.135 e. The minimum absolute atomic E-state index is 0.116. The molecule has 19 heavy (non-hydrogen) atoms. The first-order chi connectivity index (χ1) is 9.15. The highest BCUT2D eigenvalue weighted by Crippen LogP contribution is 2.26. The lowest BCUT2D eigenvalue weighted by atomic mass is 10.2. The summed E-state index contributed by atoms with van der Waals surface area (Å²) >= 11 is 1.73. The van der Waals surface area contributed by atoms with Crippen LogP contribution in [-0.2, 0) is 12.8 Å². The number of thiazole rings is 1. The number of nitrogen functional groups attached to an aromatic ring is 1. The maximum atomic E-state index is 5.87. The number of nitrogens with zero attached hydrogens (tertiary/aromatic N) is 3. The van der Waals surface area contributed by atoms with Crippen molar-refractivity contribution in [3.63, 3.8) is 0 Å². The van der Waals surface area contributed by atoms with Crippen LogP contribution >= 0.6 is 11.3 Å². The summed E-state index contributed by atoms with van der Waals surface area (Å²) < 4.78 is 0. The zero-order valence-corrected chi connectivity index (χ0v) is 12.3. The van der Waals surface area contributed by atoms with Crippen LogP contribution in [0.25, 0.3) is 0 Å². The van der Waals surface area contributed by atoms with Crippen molar-refractivity contribution in [3.05, 3.63) is 28.0 Å². The minimum Gasteiger partial charge on any atom is -0.383 e. The van der Waals surface area contributed by atoms with Crippen LogP contribution in [0.1, 0.15) is 42.3 Å². The van der Waals surface area contributed by atoms with Crippen LogP contribution in [0.4, 0.5) is 11.6 Å². The number of hydrogen-bond donors (Lipinski definition) is 2. The summed E-state index contributed by atoms with van der Waals surface area (Å²) in [6.45, 7) is 6.26. The summed E-state index contributed by atoms with van der Waals surface area (Å²) in [6.07, 6.45) is 5.25. The Hall–Kier alpha value is -1.69. The Kier molecular flexibility index (Phi) is 4.31. The molecular weight excluding hydrogens is 258 g/mol. The van der Waals surface area contributed by atoms with Crippen molar-refractivity contribution >= 4 is 23.0 Å². The second kappa shape index (κ2) is 5.97. The maximum absolute atomic E-state index is 5.87. The predicted octanol–water partition coefficient (Wildman–Crippen LogP) is 2.81. The van der Waals surface area contributed by atoms with Gasteiger partial charge in [0.2, 0.25) is 0 Å². The third kappa shape index (κ3) is 3.01. The molecule has 2 heterocycles. The van der Waals surface area contributed by atoms with Crippen molar-refractivity contribution in [2.24, 2.45) is 0 Å². The summed E-state index contributed by atoms with van der Waals surface area (Å²) in [6, 6.07) is 0.116. The van der Waals surface area contributed by atoms with Gasteiger partial charge >= 0.3 is 0 Å². The fourth-order valence-electron chi connectivity index (χ4n) is 1.85. The predicted molar refractivity (Wildman–Crippen MR) is 79.4 cm³/mol. The van der Waals surface area contributed by atoms with Gasteiger partial charge in [-0.3, -0.25) is 0 Å². The third-order valence-electron chi connectivity index (χ3n) is 2.98. The molecule has 0 aliphatic rings. The van der Waals surface area contributed by atoms with Crippen molar-refractivity contribution in [1.82, 2.24) is 15.0 Å². The number of nitrogens with one attached hydrogen (secondary N) is 1. The van der Waals surface area contributed by atoms with E-state index in [-0.39, 0.29) is 6.04 Å². The first-order valence-electron chi connectivity index (χ1n) is 6.46. The molecule has 0 spiro atoms. The van der Waals surface area contributed by atoms with Gasteiger partial charge in [-0.2, -0.15) is 0 Å². The van der Waals surface area contributed by atoms with Crippen molar-refractivity contribution < 1.29 is 0 Å². The molecule has 1 unspecified atom stereocenters. The average Bonchev–Trinajstić information content (AvgIpc) is 2.88. The normalized spacial score (nSPS) is 12.4. The zero-order chi connectivity index (χ0) is 13.8. The van der Waals surface area contributed by atoms with Crippen LogP contribution in [0.2, 0.25) is 0 Å². The SMILES string of the molecule is CCc1cnc(C(C)Nc2ncnc(N)c2CC)s1. The number of rotatable bonds is 5. The van der Waals surface area contributed by atoms with E-state index in [2.05, 4.69) is 34.1 Å². The largest absolute Gasteiger partial charge is 0.383 e. The Bertz CT molecular complexity index is 552. The van der Waals surface area contributed by atoms with Gasteiger partial charge in [0.15, 0.2) is 0 Å². The van der Waals surface area contributed by atoms with Crippen LogP contribution < -0.4 is 11.1 Å². The van der Waals surface area contributed by atoms with Gasteiger partial charge in [0, 0.05) is 16.6 Å². The zero-order valence-electron chi connectivity index (χ0n) is 11.5. The molecule has 1 atom stereocenters. The van der Waals surface area contributed by atoms with Crippen LogP contribution in [0, 0.1) is 0 Å². The van der Waals surface area contributed by atoms with Crippen molar-refractivity contribution in [2.45, 2.75) is 39.7 Å². The minimum atomic E-state index is 0.116. The van der Waals surface area contributed by atoms with Crippen LogP contribution in [0.5, 0.6) is 0 Å². The van der Waals surface area contributed by atoms with E-state index >= 15 is 0 Å². The van der Waals surface area contributed by atoms with E-state index in [9.17, 15) is 0 Å². The fourth-order valence-corrected chi connectivity index (χ4v) is 2.71. The Morgan fingerprint density at radius 3 is 2.68 bits per heavy atom. The van der Waals surface area contributed by atoms with Crippen LogP contribution in [0.3, 0.4) is 0 Å². The van der Waals surface area contributed by atoms with Crippen molar-refractivity contribution in [1.29, 1.82) is 0 Å². The number of nitrogens with two attached hydrogens (primary N) is 1. The molecule has 0 aliphatic heterocycles. The van der Waals surface area contributed by atoms with Crippen LogP contribution in [0.15, 0.2) is 12.5 Å². The highest BCUT2D eigenvalue weighted by atomic mass is 32.1. The van der Waals surface area contributed by atoms with E-state index in [0.29, 0.717) is 5.82 Å². The van der Waals surface area contributed by atoms with E-state index in [1.807, 2.05) is 13.1 Å². The van der Waals surface area contributed by atoms with Gasteiger partial charge in [0.05, 0.1) is 6.04 Å². The summed E-state index contributed by atoms with van der Waals surface area (Å²) in [5, 5.41) is 4.44. The molecule has 0 fully saturated rings. The molecule has 0 aromatic carbocycles. The number of aryl methyl sites for hydroxylation is 1. The second-order valence-corrected chi connectivity index (χ2v) is 5.47. The Morgan fingerprint density at radius 2 is 2.05 bits per heavy atom. The summed E-state index contributed by atoms with van der Waals surface area (Å²) in [5.74, 6) is 1.34. The lowest BCUT2D eigenvalue weighted by Gasteiger charge is -2.15. The van der Waals surface area contributed by atoms with Crippen molar-refractivity contribution in [2.75, 3.05) is 11.1 Å². The lowest BCUT2D eigenvalue weighted by molar-refractivity contribution is 0.851. The molecule has 2 aromatic rings. The van der Waals surface area contributed by atoms with Crippen LogP contribution in [-0.4, -0.2) is 15.0 Å². The molecule has 0 saturated heterocycles. The molecular formula is C13H19N5S. The van der Waals surface area contributed by atoms with E-state index in [1.54, 1.807) is 11.3 Å². The molecule has 6 heteroatoms. The third-order valence-corrected chi connectivity index (χ3v) is 4.30. The summed E-state index contributed by atoms with van der Waals surface area (Å²) in [4.78, 5) is 14.0. The van der Waals surface area contributed by atoms with Gasteiger partial charge in [-0.15, -0.1) is 11.3 Å². The molecule has 0 saturated carbocycles. The van der Waals surface area contributed by atoms with Gasteiger partial charge in [-0.1, -0.05) is 13.8 Å². The van der Waals surface area contributed by atoms with Gasteiger partial charge < -0.3 is 11.1 Å². The molecule has 2 aromatic heterocycles. The lowest BCUT2D eigenvalue weighted by Crippen LogP contribution is -2.11. The monoisotopic (exact) mass is 277 g/mol. The molecule has 0 bridgehead atoms.